The van der Waals surface area contributed by atoms with Gasteiger partial charge in [-0.3, -0.25) is 14.0 Å². The largest absolute Gasteiger partial charge is 0.390 e. The lowest BCUT2D eigenvalue weighted by Gasteiger charge is -2.32. The Morgan fingerprint density at radius 3 is 2.48 bits per heavy atom. The second-order valence-electron chi connectivity index (χ2n) is 6.21. The van der Waals surface area contributed by atoms with Gasteiger partial charge in [-0.2, -0.15) is 0 Å². The van der Waals surface area contributed by atoms with E-state index < -0.39 is 10.8 Å². The summed E-state index contributed by atoms with van der Waals surface area (Å²) in [6.07, 6.45) is 1.31. The molecular weight excluding hydrogens is 312 g/mol. The van der Waals surface area contributed by atoms with E-state index in [1.807, 2.05) is 31.3 Å². The lowest BCUT2D eigenvalue weighted by Crippen LogP contribution is -2.44. The molecule has 2 rings (SSSR count). The van der Waals surface area contributed by atoms with E-state index in [9.17, 15) is 9.32 Å². The van der Waals surface area contributed by atoms with Crippen molar-refractivity contribution < 1.29 is 14.1 Å². The van der Waals surface area contributed by atoms with E-state index in [2.05, 4.69) is 16.7 Å². The first kappa shape index (κ1) is 18.5. The molecule has 0 bridgehead atoms. The Bertz CT molecular complexity index is 503. The van der Waals surface area contributed by atoms with E-state index in [1.54, 1.807) is 6.26 Å². The topological polar surface area (TPSA) is 53.0 Å². The van der Waals surface area contributed by atoms with Crippen molar-refractivity contribution in [2.75, 3.05) is 52.7 Å². The molecule has 1 aromatic carbocycles. The first-order valence-electron chi connectivity index (χ1n) is 8.09. The van der Waals surface area contributed by atoms with Crippen molar-refractivity contribution >= 4 is 10.8 Å². The third kappa shape index (κ3) is 5.65. The monoisotopic (exact) mass is 340 g/mol. The van der Waals surface area contributed by atoms with Gasteiger partial charge in [-0.05, 0) is 31.7 Å². The summed E-state index contributed by atoms with van der Waals surface area (Å²) in [5, 5.41) is 10.3. The van der Waals surface area contributed by atoms with Crippen molar-refractivity contribution in [3.05, 3.63) is 29.8 Å². The van der Waals surface area contributed by atoms with Gasteiger partial charge >= 0.3 is 0 Å². The van der Waals surface area contributed by atoms with Crippen LogP contribution in [-0.4, -0.2) is 77.9 Å². The smallest absolute Gasteiger partial charge is 0.0793 e. The highest BCUT2D eigenvalue weighted by molar-refractivity contribution is 7.84. The first-order chi connectivity index (χ1) is 11.0. The summed E-state index contributed by atoms with van der Waals surface area (Å²) in [7, 11) is 1.08. The highest BCUT2D eigenvalue weighted by atomic mass is 32.2. The molecule has 0 aromatic heterocycles. The van der Waals surface area contributed by atoms with Crippen LogP contribution in [0.3, 0.4) is 0 Å². The predicted molar refractivity (Wildman–Crippen MR) is 93.1 cm³/mol. The molecule has 1 aliphatic rings. The van der Waals surface area contributed by atoms with E-state index in [-0.39, 0.29) is 12.1 Å². The summed E-state index contributed by atoms with van der Waals surface area (Å²) in [6.45, 7) is 6.74. The predicted octanol–water partition coefficient (Wildman–Crippen LogP) is 1.11. The number of ether oxygens (including phenoxy) is 1. The molecule has 6 heteroatoms. The molecule has 0 saturated carbocycles. The van der Waals surface area contributed by atoms with Crippen LogP contribution in [0.5, 0.6) is 0 Å². The molecule has 0 amide bonds. The quantitative estimate of drug-likeness (QED) is 0.806. The molecule has 0 radical (unpaired) electrons. The number of likely N-dealkylation sites (N-methyl/N-ethyl adjacent to an activating group) is 1. The minimum atomic E-state index is -0.944. The molecule has 5 nitrogen and oxygen atoms in total. The summed E-state index contributed by atoms with van der Waals surface area (Å²) < 4.78 is 16.8. The summed E-state index contributed by atoms with van der Waals surface area (Å²) in [5.41, 5.74) is 1.17. The summed E-state index contributed by atoms with van der Waals surface area (Å²) in [5.74, 6) is 0. The molecule has 1 heterocycles. The maximum Gasteiger partial charge on any atom is 0.0793 e. The number of benzene rings is 1. The van der Waals surface area contributed by atoms with Crippen LogP contribution in [0, 0.1) is 0 Å². The molecule has 23 heavy (non-hydrogen) atoms. The van der Waals surface area contributed by atoms with E-state index in [0.29, 0.717) is 13.1 Å². The zero-order chi connectivity index (χ0) is 16.8. The van der Waals surface area contributed by atoms with Crippen molar-refractivity contribution in [3.8, 4) is 0 Å². The maximum absolute atomic E-state index is 11.4. The summed E-state index contributed by atoms with van der Waals surface area (Å²) in [4.78, 5) is 5.25. The van der Waals surface area contributed by atoms with Crippen molar-refractivity contribution in [3.63, 3.8) is 0 Å². The Labute approximate surface area is 141 Å². The molecule has 1 aromatic rings. The van der Waals surface area contributed by atoms with Gasteiger partial charge in [0, 0.05) is 54.2 Å². The molecule has 0 spiro atoms. The minimum absolute atomic E-state index is 0.202. The number of rotatable bonds is 7. The summed E-state index contributed by atoms with van der Waals surface area (Å²) in [6, 6.07) is 8.08. The van der Waals surface area contributed by atoms with Gasteiger partial charge in [-0.1, -0.05) is 12.1 Å². The molecule has 3 atom stereocenters. The van der Waals surface area contributed by atoms with Gasteiger partial charge < -0.3 is 9.84 Å². The van der Waals surface area contributed by atoms with Crippen molar-refractivity contribution in [2.45, 2.75) is 24.0 Å². The minimum Gasteiger partial charge on any atom is -0.390 e. The van der Waals surface area contributed by atoms with Crippen LogP contribution in [0.2, 0.25) is 0 Å². The number of aliphatic hydroxyl groups is 1. The standard InChI is InChI=1S/C17H28N2O3S/c1-14(15-4-6-17(7-5-15)23(3)21)18(2)12-16(20)13-19-8-10-22-11-9-19/h4-7,14,16,20H,8-13H2,1-3H3. The molecule has 3 unspecified atom stereocenters. The third-order valence-corrected chi connectivity index (χ3v) is 5.36. The second kappa shape index (κ2) is 8.89. The Kier molecular flexibility index (Phi) is 7.17. The number of morpholine rings is 1. The number of hydrogen-bond donors (Lipinski definition) is 1. The normalized spacial score (nSPS) is 20.4. The SMILES string of the molecule is CC(c1ccc(S(C)=O)cc1)N(C)CC(O)CN1CCOCC1. The fraction of sp³-hybridized carbons (Fsp3) is 0.647. The lowest BCUT2D eigenvalue weighted by atomic mass is 10.1. The molecular formula is C17H28N2O3S. The van der Waals surface area contributed by atoms with Crippen molar-refractivity contribution in [1.82, 2.24) is 9.80 Å². The molecule has 1 fully saturated rings. The van der Waals surface area contributed by atoms with Gasteiger partial charge in [-0.25, -0.2) is 0 Å². The molecule has 1 aliphatic heterocycles. The van der Waals surface area contributed by atoms with E-state index in [1.165, 1.54) is 5.56 Å². The van der Waals surface area contributed by atoms with E-state index >= 15 is 0 Å². The number of aliphatic hydroxyl groups excluding tert-OH is 1. The number of hydrogen-bond acceptors (Lipinski definition) is 5. The molecule has 0 aliphatic carbocycles. The molecule has 1 N–H and O–H groups in total. The molecule has 130 valence electrons. The fourth-order valence-electron chi connectivity index (χ4n) is 2.82. The lowest BCUT2D eigenvalue weighted by molar-refractivity contribution is 0.00626. The number of nitrogens with zero attached hydrogens (tertiary/aromatic N) is 2. The van der Waals surface area contributed by atoms with Gasteiger partial charge in [0.2, 0.25) is 0 Å². The zero-order valence-electron chi connectivity index (χ0n) is 14.3. The van der Waals surface area contributed by atoms with E-state index in [0.717, 1.165) is 31.2 Å². The highest BCUT2D eigenvalue weighted by Crippen LogP contribution is 2.20. The Hall–Kier alpha value is -0.790. The van der Waals surface area contributed by atoms with Crippen molar-refractivity contribution in [2.24, 2.45) is 0 Å². The zero-order valence-corrected chi connectivity index (χ0v) is 15.1. The maximum atomic E-state index is 11.4. The van der Waals surface area contributed by atoms with Crippen LogP contribution in [0.4, 0.5) is 0 Å². The van der Waals surface area contributed by atoms with Gasteiger partial charge in [-0.15, -0.1) is 0 Å². The van der Waals surface area contributed by atoms with Crippen LogP contribution in [0.1, 0.15) is 18.5 Å². The first-order valence-corrected chi connectivity index (χ1v) is 9.65. The average molecular weight is 340 g/mol. The third-order valence-electron chi connectivity index (χ3n) is 4.43. The van der Waals surface area contributed by atoms with Gasteiger partial charge in [0.05, 0.1) is 19.3 Å². The van der Waals surface area contributed by atoms with Gasteiger partial charge in [0.15, 0.2) is 0 Å². The highest BCUT2D eigenvalue weighted by Gasteiger charge is 2.19. The average Bonchev–Trinajstić information content (AvgIpc) is 2.55. The second-order valence-corrected chi connectivity index (χ2v) is 7.59. The Morgan fingerprint density at radius 1 is 1.30 bits per heavy atom. The summed E-state index contributed by atoms with van der Waals surface area (Å²) >= 11 is 0. The molecule has 1 saturated heterocycles. The van der Waals surface area contributed by atoms with Gasteiger partial charge in [0.1, 0.15) is 0 Å². The van der Waals surface area contributed by atoms with Crippen LogP contribution in [-0.2, 0) is 15.5 Å². The Morgan fingerprint density at radius 2 is 1.91 bits per heavy atom. The Balaban J connectivity index is 1.85. The number of β-amino-alcohol motifs (C(OH)–C–C–N with tert-alkyl or cyclic N) is 1. The van der Waals surface area contributed by atoms with E-state index in [4.69, 9.17) is 4.74 Å². The van der Waals surface area contributed by atoms with Crippen LogP contribution in [0.15, 0.2) is 29.2 Å². The van der Waals surface area contributed by atoms with Crippen LogP contribution >= 0.6 is 0 Å². The van der Waals surface area contributed by atoms with Gasteiger partial charge in [0.25, 0.3) is 0 Å². The van der Waals surface area contributed by atoms with Crippen LogP contribution < -0.4 is 0 Å². The van der Waals surface area contributed by atoms with Crippen LogP contribution in [0.25, 0.3) is 0 Å². The fourth-order valence-corrected chi connectivity index (χ4v) is 3.34. The van der Waals surface area contributed by atoms with Crippen molar-refractivity contribution in [1.29, 1.82) is 0 Å².